The first-order valence-electron chi connectivity index (χ1n) is 6.08. The molecule has 0 amide bonds. The fraction of sp³-hybridized carbons (Fsp3) is 0.917. The molecule has 86 valence electrons. The number of carbonyl (C=O) groups is 1. The third-order valence-electron chi connectivity index (χ3n) is 3.44. The number of ether oxygens (including phenoxy) is 2. The van der Waals surface area contributed by atoms with Crippen LogP contribution in [-0.4, -0.2) is 31.7 Å². The Morgan fingerprint density at radius 1 is 1.13 bits per heavy atom. The topological polar surface area (TPSA) is 35.5 Å². The van der Waals surface area contributed by atoms with Crippen LogP contribution < -0.4 is 0 Å². The summed E-state index contributed by atoms with van der Waals surface area (Å²) in [6, 6.07) is 0. The molecule has 0 bridgehead atoms. The highest BCUT2D eigenvalue weighted by Gasteiger charge is 2.24. The predicted molar refractivity (Wildman–Crippen MR) is 56.8 cm³/mol. The Bertz CT molecular complexity index is 203. The summed E-state index contributed by atoms with van der Waals surface area (Å²) in [5.41, 5.74) is 0. The smallest absolute Gasteiger partial charge is 0.161 e. The lowest BCUT2D eigenvalue weighted by molar-refractivity contribution is -0.131. The molecule has 1 saturated heterocycles. The summed E-state index contributed by atoms with van der Waals surface area (Å²) in [7, 11) is 0. The van der Waals surface area contributed by atoms with Crippen molar-refractivity contribution in [2.45, 2.75) is 44.6 Å². The van der Waals surface area contributed by atoms with Crippen molar-refractivity contribution in [1.29, 1.82) is 0 Å². The Kier molecular flexibility index (Phi) is 4.15. The molecule has 1 aliphatic carbocycles. The van der Waals surface area contributed by atoms with Gasteiger partial charge in [0.05, 0.1) is 6.10 Å². The second-order valence-electron chi connectivity index (χ2n) is 4.57. The molecule has 2 fully saturated rings. The quantitative estimate of drug-likeness (QED) is 0.714. The number of Topliss-reactive ketones (excluding diaryl/α,β-unsaturated/α-hetero) is 1. The summed E-state index contributed by atoms with van der Waals surface area (Å²) in [4.78, 5) is 11.7. The molecule has 0 N–H and O–H groups in total. The van der Waals surface area contributed by atoms with E-state index in [-0.39, 0.29) is 6.10 Å². The second-order valence-corrected chi connectivity index (χ2v) is 4.57. The standard InChI is InChI=1S/C12H20O3/c13-12(10-3-1-2-4-10)9-15-11-5-7-14-8-6-11/h10-11H,1-9H2. The lowest BCUT2D eigenvalue weighted by Crippen LogP contribution is -2.27. The zero-order valence-corrected chi connectivity index (χ0v) is 9.24. The van der Waals surface area contributed by atoms with Crippen LogP contribution in [0.15, 0.2) is 0 Å². The Morgan fingerprint density at radius 3 is 2.47 bits per heavy atom. The van der Waals surface area contributed by atoms with E-state index in [1.807, 2.05) is 0 Å². The number of hydrogen-bond acceptors (Lipinski definition) is 3. The molecule has 0 aromatic heterocycles. The minimum Gasteiger partial charge on any atom is -0.381 e. The molecule has 3 heteroatoms. The molecule has 0 atom stereocenters. The molecule has 1 aliphatic heterocycles. The van der Waals surface area contributed by atoms with Gasteiger partial charge in [-0.2, -0.15) is 0 Å². The molecule has 2 rings (SSSR count). The first-order chi connectivity index (χ1) is 7.36. The van der Waals surface area contributed by atoms with Crippen LogP contribution in [0.1, 0.15) is 38.5 Å². The Labute approximate surface area is 91.1 Å². The number of hydrogen-bond donors (Lipinski definition) is 0. The minimum atomic E-state index is 0.254. The van der Waals surface area contributed by atoms with Gasteiger partial charge in [-0.25, -0.2) is 0 Å². The highest BCUT2D eigenvalue weighted by Crippen LogP contribution is 2.25. The van der Waals surface area contributed by atoms with E-state index in [0.717, 1.165) is 38.9 Å². The third-order valence-corrected chi connectivity index (χ3v) is 3.44. The van der Waals surface area contributed by atoms with Gasteiger partial charge in [0.2, 0.25) is 0 Å². The molecule has 1 saturated carbocycles. The van der Waals surface area contributed by atoms with Crippen molar-refractivity contribution in [1.82, 2.24) is 0 Å². The van der Waals surface area contributed by atoms with Crippen molar-refractivity contribution < 1.29 is 14.3 Å². The van der Waals surface area contributed by atoms with Crippen LogP contribution in [0.5, 0.6) is 0 Å². The zero-order valence-electron chi connectivity index (χ0n) is 9.24. The highest BCUT2D eigenvalue weighted by atomic mass is 16.5. The fourth-order valence-electron chi connectivity index (χ4n) is 2.41. The van der Waals surface area contributed by atoms with Crippen molar-refractivity contribution in [3.63, 3.8) is 0 Å². The molecular weight excluding hydrogens is 192 g/mol. The van der Waals surface area contributed by atoms with Gasteiger partial charge in [-0.3, -0.25) is 4.79 Å². The molecule has 0 unspecified atom stereocenters. The molecule has 2 aliphatic rings. The number of ketones is 1. The normalized spacial score (nSPS) is 24.5. The van der Waals surface area contributed by atoms with Gasteiger partial charge in [-0.05, 0) is 25.7 Å². The first-order valence-corrected chi connectivity index (χ1v) is 6.08. The third kappa shape index (κ3) is 3.28. The SMILES string of the molecule is O=C(COC1CCOCC1)C1CCCC1. The van der Waals surface area contributed by atoms with Crippen LogP contribution in [-0.2, 0) is 14.3 Å². The van der Waals surface area contributed by atoms with Crippen LogP contribution in [0.25, 0.3) is 0 Å². The average molecular weight is 212 g/mol. The van der Waals surface area contributed by atoms with Crippen LogP contribution in [0.2, 0.25) is 0 Å². The summed E-state index contributed by atoms with van der Waals surface area (Å²) in [6.45, 7) is 1.89. The fourth-order valence-corrected chi connectivity index (χ4v) is 2.41. The Balaban J connectivity index is 1.65. The Morgan fingerprint density at radius 2 is 1.80 bits per heavy atom. The van der Waals surface area contributed by atoms with Gasteiger partial charge in [0.15, 0.2) is 5.78 Å². The average Bonchev–Trinajstić information content (AvgIpc) is 2.81. The summed E-state index contributed by atoms with van der Waals surface area (Å²) in [5.74, 6) is 0.615. The van der Waals surface area contributed by atoms with E-state index in [0.29, 0.717) is 18.3 Å². The molecule has 1 heterocycles. The molecule has 0 radical (unpaired) electrons. The number of carbonyl (C=O) groups excluding carboxylic acids is 1. The molecular formula is C12H20O3. The van der Waals surface area contributed by atoms with Gasteiger partial charge in [0, 0.05) is 19.1 Å². The van der Waals surface area contributed by atoms with Gasteiger partial charge in [0.25, 0.3) is 0 Å². The Hall–Kier alpha value is -0.410. The first kappa shape index (κ1) is 11.1. The summed E-state index contributed by atoms with van der Waals surface area (Å²) in [5, 5.41) is 0. The lowest BCUT2D eigenvalue weighted by atomic mass is 10.0. The summed E-state index contributed by atoms with van der Waals surface area (Å²) < 4.78 is 10.9. The highest BCUT2D eigenvalue weighted by molar-refractivity contribution is 5.82. The van der Waals surface area contributed by atoms with Crippen LogP contribution in [0, 0.1) is 5.92 Å². The minimum absolute atomic E-state index is 0.254. The molecule has 15 heavy (non-hydrogen) atoms. The van der Waals surface area contributed by atoms with E-state index in [2.05, 4.69) is 0 Å². The van der Waals surface area contributed by atoms with Crippen molar-refractivity contribution in [2.75, 3.05) is 19.8 Å². The van der Waals surface area contributed by atoms with E-state index in [4.69, 9.17) is 9.47 Å². The maximum Gasteiger partial charge on any atom is 0.161 e. The van der Waals surface area contributed by atoms with Crippen molar-refractivity contribution in [3.05, 3.63) is 0 Å². The van der Waals surface area contributed by atoms with Crippen molar-refractivity contribution >= 4 is 5.78 Å². The van der Waals surface area contributed by atoms with Crippen molar-refractivity contribution in [2.24, 2.45) is 5.92 Å². The summed E-state index contributed by atoms with van der Waals surface area (Å²) >= 11 is 0. The van der Waals surface area contributed by atoms with E-state index in [1.165, 1.54) is 12.8 Å². The maximum absolute atomic E-state index is 11.7. The summed E-state index contributed by atoms with van der Waals surface area (Å²) in [6.07, 6.45) is 6.73. The molecule has 0 aromatic carbocycles. The van der Waals surface area contributed by atoms with E-state index in [1.54, 1.807) is 0 Å². The second kappa shape index (κ2) is 5.61. The monoisotopic (exact) mass is 212 g/mol. The van der Waals surface area contributed by atoms with Gasteiger partial charge in [0.1, 0.15) is 6.61 Å². The van der Waals surface area contributed by atoms with Gasteiger partial charge in [-0.15, -0.1) is 0 Å². The molecule has 3 nitrogen and oxygen atoms in total. The van der Waals surface area contributed by atoms with E-state index in [9.17, 15) is 4.79 Å². The van der Waals surface area contributed by atoms with E-state index < -0.39 is 0 Å². The van der Waals surface area contributed by atoms with Crippen LogP contribution >= 0.6 is 0 Å². The molecule has 0 spiro atoms. The molecule has 0 aromatic rings. The number of rotatable bonds is 4. The predicted octanol–water partition coefficient (Wildman–Crippen LogP) is 1.94. The van der Waals surface area contributed by atoms with E-state index >= 15 is 0 Å². The zero-order chi connectivity index (χ0) is 10.5. The van der Waals surface area contributed by atoms with Gasteiger partial charge in [-0.1, -0.05) is 12.8 Å². The maximum atomic E-state index is 11.7. The van der Waals surface area contributed by atoms with Crippen molar-refractivity contribution in [3.8, 4) is 0 Å². The van der Waals surface area contributed by atoms with Crippen LogP contribution in [0.3, 0.4) is 0 Å². The largest absolute Gasteiger partial charge is 0.381 e. The van der Waals surface area contributed by atoms with Gasteiger partial charge >= 0.3 is 0 Å². The van der Waals surface area contributed by atoms with Crippen LogP contribution in [0.4, 0.5) is 0 Å². The van der Waals surface area contributed by atoms with Gasteiger partial charge < -0.3 is 9.47 Å². The lowest BCUT2D eigenvalue weighted by Gasteiger charge is -2.22.